The summed E-state index contributed by atoms with van der Waals surface area (Å²) in [6.45, 7) is 8.14. The number of aromatic nitrogens is 1. The van der Waals surface area contributed by atoms with Crippen LogP contribution in [0.3, 0.4) is 0 Å². The Balaban J connectivity index is 1.71. The zero-order valence-corrected chi connectivity index (χ0v) is 19.3. The Hall–Kier alpha value is -3.93. The van der Waals surface area contributed by atoms with Gasteiger partial charge in [0, 0.05) is 17.1 Å². The average molecular weight is 442 g/mol. The number of urea groups is 1. The highest BCUT2D eigenvalue weighted by molar-refractivity contribution is 6.39. The number of nitrogens with zero attached hydrogens (tertiary/aromatic N) is 2. The topological polar surface area (TPSA) is 71.4 Å². The molecule has 1 aliphatic rings. The van der Waals surface area contributed by atoms with E-state index in [9.17, 15) is 14.4 Å². The molecule has 1 saturated heterocycles. The number of imide groups is 2. The third-order valence-corrected chi connectivity index (χ3v) is 6.22. The van der Waals surface area contributed by atoms with Crippen LogP contribution < -0.4 is 10.2 Å². The molecular weight excluding hydrogens is 414 g/mol. The number of nitrogens with one attached hydrogen (secondary N) is 1. The number of hydrogen-bond donors (Lipinski definition) is 1. The summed E-state index contributed by atoms with van der Waals surface area (Å²) < 4.78 is 2.06. The van der Waals surface area contributed by atoms with Crippen molar-refractivity contribution in [3.63, 3.8) is 0 Å². The molecule has 6 nitrogen and oxygen atoms in total. The van der Waals surface area contributed by atoms with Crippen molar-refractivity contribution < 1.29 is 14.4 Å². The molecule has 33 heavy (non-hydrogen) atoms. The molecule has 1 aromatic heterocycles. The first-order chi connectivity index (χ1) is 15.8. The van der Waals surface area contributed by atoms with Gasteiger partial charge in [-0.15, -0.1) is 0 Å². The van der Waals surface area contributed by atoms with E-state index in [0.717, 1.165) is 39.5 Å². The lowest BCUT2D eigenvalue weighted by atomic mass is 9.98. The summed E-state index contributed by atoms with van der Waals surface area (Å²) in [5, 5.41) is 2.30. The molecule has 0 bridgehead atoms. The van der Waals surface area contributed by atoms with Gasteiger partial charge in [0.15, 0.2) is 0 Å². The van der Waals surface area contributed by atoms with Gasteiger partial charge >= 0.3 is 6.03 Å². The maximum atomic E-state index is 13.3. The molecule has 2 aromatic carbocycles. The third kappa shape index (κ3) is 4.12. The number of para-hydroxylation sites is 1. The van der Waals surface area contributed by atoms with Crippen LogP contribution in [0.15, 0.2) is 66.2 Å². The van der Waals surface area contributed by atoms with Crippen LogP contribution in [-0.2, 0) is 9.59 Å². The maximum Gasteiger partial charge on any atom is 0.335 e. The Morgan fingerprint density at radius 2 is 1.61 bits per heavy atom. The second kappa shape index (κ2) is 8.90. The number of amides is 4. The highest BCUT2D eigenvalue weighted by Crippen LogP contribution is 2.27. The number of aryl methyl sites for hydroxylation is 1. The van der Waals surface area contributed by atoms with Gasteiger partial charge in [-0.1, -0.05) is 44.2 Å². The molecule has 0 spiro atoms. The molecule has 1 fully saturated rings. The van der Waals surface area contributed by atoms with Crippen LogP contribution >= 0.6 is 0 Å². The van der Waals surface area contributed by atoms with Gasteiger partial charge in [-0.3, -0.25) is 14.9 Å². The molecule has 1 aliphatic heterocycles. The number of hydrogen-bond acceptors (Lipinski definition) is 3. The van der Waals surface area contributed by atoms with E-state index in [2.05, 4.69) is 23.7 Å². The summed E-state index contributed by atoms with van der Waals surface area (Å²) in [5.74, 6) is -0.951. The number of carbonyl (C=O) groups is 3. The Morgan fingerprint density at radius 3 is 2.24 bits per heavy atom. The van der Waals surface area contributed by atoms with Crippen LogP contribution in [0.2, 0.25) is 0 Å². The van der Waals surface area contributed by atoms with Crippen LogP contribution in [0.1, 0.15) is 48.7 Å². The van der Waals surface area contributed by atoms with Crippen LogP contribution in [-0.4, -0.2) is 22.4 Å². The summed E-state index contributed by atoms with van der Waals surface area (Å²) in [6.07, 6.45) is 2.55. The summed E-state index contributed by atoms with van der Waals surface area (Å²) >= 11 is 0. The predicted octanol–water partition coefficient (Wildman–Crippen LogP) is 5.27. The Labute approximate surface area is 193 Å². The molecule has 0 aliphatic carbocycles. The molecular formula is C27H27N3O3. The fraction of sp³-hybridized carbons (Fsp3) is 0.222. The maximum absolute atomic E-state index is 13.3. The van der Waals surface area contributed by atoms with Crippen molar-refractivity contribution in [3.05, 3.63) is 88.8 Å². The lowest BCUT2D eigenvalue weighted by Crippen LogP contribution is -2.54. The largest absolute Gasteiger partial charge is 0.335 e. The third-order valence-electron chi connectivity index (χ3n) is 6.22. The lowest BCUT2D eigenvalue weighted by Gasteiger charge is -2.26. The predicted molar refractivity (Wildman–Crippen MR) is 129 cm³/mol. The van der Waals surface area contributed by atoms with Crippen molar-refractivity contribution in [1.29, 1.82) is 0 Å². The van der Waals surface area contributed by atoms with E-state index < -0.39 is 17.8 Å². The molecule has 0 unspecified atom stereocenters. The van der Waals surface area contributed by atoms with Crippen molar-refractivity contribution >= 4 is 29.6 Å². The molecule has 4 rings (SSSR count). The number of carbonyl (C=O) groups excluding carboxylic acids is 3. The quantitative estimate of drug-likeness (QED) is 0.433. The van der Waals surface area contributed by atoms with Crippen LogP contribution in [0.4, 0.5) is 10.5 Å². The average Bonchev–Trinajstić information content (AvgIpc) is 3.09. The summed E-state index contributed by atoms with van der Waals surface area (Å²) in [6, 6.07) is 18.4. The number of rotatable bonds is 5. The summed E-state index contributed by atoms with van der Waals surface area (Å²) in [5.41, 5.74) is 5.10. The molecule has 4 amide bonds. The van der Waals surface area contributed by atoms with E-state index in [1.54, 1.807) is 18.2 Å². The zero-order chi connectivity index (χ0) is 23.7. The van der Waals surface area contributed by atoms with Gasteiger partial charge in [0.05, 0.1) is 5.69 Å². The zero-order valence-electron chi connectivity index (χ0n) is 19.3. The molecule has 6 heteroatoms. The van der Waals surface area contributed by atoms with E-state index in [1.807, 2.05) is 62.4 Å². The van der Waals surface area contributed by atoms with Gasteiger partial charge in [-0.25, -0.2) is 9.69 Å². The minimum absolute atomic E-state index is 0.0751. The number of barbiturate groups is 1. The molecule has 1 atom stereocenters. The molecule has 0 radical (unpaired) electrons. The van der Waals surface area contributed by atoms with Crippen LogP contribution in [0, 0.1) is 13.8 Å². The van der Waals surface area contributed by atoms with Crippen molar-refractivity contribution in [1.82, 2.24) is 9.88 Å². The van der Waals surface area contributed by atoms with Crippen molar-refractivity contribution in [2.45, 2.75) is 40.0 Å². The Kier molecular flexibility index (Phi) is 6.01. The van der Waals surface area contributed by atoms with Crippen LogP contribution in [0.25, 0.3) is 11.8 Å². The van der Waals surface area contributed by atoms with Crippen LogP contribution in [0.5, 0.6) is 0 Å². The number of anilines is 1. The fourth-order valence-electron chi connectivity index (χ4n) is 4.14. The van der Waals surface area contributed by atoms with Gasteiger partial charge in [0.2, 0.25) is 0 Å². The first-order valence-electron chi connectivity index (χ1n) is 11.1. The fourth-order valence-corrected chi connectivity index (χ4v) is 4.14. The Bertz CT molecular complexity index is 1250. The molecule has 0 saturated carbocycles. The van der Waals surface area contributed by atoms with Gasteiger partial charge < -0.3 is 4.57 Å². The molecule has 168 valence electrons. The summed E-state index contributed by atoms with van der Waals surface area (Å²) in [4.78, 5) is 39.4. The van der Waals surface area contributed by atoms with Crippen molar-refractivity contribution in [2.24, 2.45) is 0 Å². The number of benzene rings is 2. The molecule has 2 heterocycles. The minimum Gasteiger partial charge on any atom is -0.318 e. The smallest absolute Gasteiger partial charge is 0.318 e. The minimum atomic E-state index is -0.742. The highest BCUT2D eigenvalue weighted by atomic mass is 16.2. The van der Waals surface area contributed by atoms with E-state index >= 15 is 0 Å². The van der Waals surface area contributed by atoms with Gasteiger partial charge in [0.25, 0.3) is 11.8 Å². The highest BCUT2D eigenvalue weighted by Gasteiger charge is 2.37. The van der Waals surface area contributed by atoms with Gasteiger partial charge in [0.1, 0.15) is 5.57 Å². The Morgan fingerprint density at radius 1 is 0.939 bits per heavy atom. The first kappa shape index (κ1) is 22.3. The molecule has 3 aromatic rings. The van der Waals surface area contributed by atoms with Crippen molar-refractivity contribution in [3.8, 4) is 5.69 Å². The second-order valence-electron chi connectivity index (χ2n) is 8.36. The summed E-state index contributed by atoms with van der Waals surface area (Å²) in [7, 11) is 0. The van der Waals surface area contributed by atoms with E-state index in [4.69, 9.17) is 0 Å². The molecule has 1 N–H and O–H groups in total. The van der Waals surface area contributed by atoms with Gasteiger partial charge in [-0.2, -0.15) is 0 Å². The van der Waals surface area contributed by atoms with Gasteiger partial charge in [-0.05, 0) is 73.7 Å². The van der Waals surface area contributed by atoms with E-state index in [-0.39, 0.29) is 5.57 Å². The normalized spacial score (nSPS) is 16.3. The second-order valence-corrected chi connectivity index (χ2v) is 8.36. The van der Waals surface area contributed by atoms with E-state index in [0.29, 0.717) is 11.6 Å². The van der Waals surface area contributed by atoms with Crippen molar-refractivity contribution in [2.75, 3.05) is 4.90 Å². The monoisotopic (exact) mass is 441 g/mol. The lowest BCUT2D eigenvalue weighted by molar-refractivity contribution is -0.122. The van der Waals surface area contributed by atoms with E-state index in [1.165, 1.54) is 0 Å². The SMILES string of the molecule is CC[C@@H](C)c1ccc(N2C(=O)NC(=O)/C(=C/c3cc(C)n(-c4ccccc4)c3C)C2=O)cc1. The standard InChI is InChI=1S/C27H27N3O3/c1-5-17(2)20-11-13-23(14-12-20)30-26(32)24(25(31)28-27(30)33)16-21-15-18(3)29(19(21)4)22-9-7-6-8-10-22/h6-17H,5H2,1-4H3,(H,28,31,33)/b24-16-/t17-/m1/s1. The first-order valence-corrected chi connectivity index (χ1v) is 11.1.